The number of nitrogens with one attached hydrogen (secondary N) is 1. The number of nitrogen functional groups attached to an aromatic ring is 1. The SMILES string of the molecule is CN1CCCC1Cn1c(N)c(C(=NCc2ccc(Cl)nc2)Nc2ccccc2)c(=S)n(C)c1=O. The average molecular weight is 498 g/mol. The fraction of sp³-hybridized carbons (Fsp3) is 0.333. The normalized spacial score (nSPS) is 16.7. The molecule has 1 atom stereocenters. The van der Waals surface area contributed by atoms with Gasteiger partial charge in [0.05, 0.1) is 12.1 Å². The lowest BCUT2D eigenvalue weighted by Crippen LogP contribution is -2.40. The van der Waals surface area contributed by atoms with Gasteiger partial charge in [-0.05, 0) is 50.2 Å². The molecule has 0 amide bonds. The van der Waals surface area contributed by atoms with Crippen LogP contribution in [0.15, 0.2) is 58.4 Å². The molecule has 0 aliphatic carbocycles. The maximum atomic E-state index is 13.1. The van der Waals surface area contributed by atoms with Crippen molar-refractivity contribution in [2.75, 3.05) is 24.6 Å². The van der Waals surface area contributed by atoms with E-state index in [-0.39, 0.29) is 11.7 Å². The first-order valence-electron chi connectivity index (χ1n) is 11.1. The number of para-hydroxylation sites is 1. The smallest absolute Gasteiger partial charge is 0.330 e. The molecule has 178 valence electrons. The van der Waals surface area contributed by atoms with Gasteiger partial charge in [-0.1, -0.05) is 48.1 Å². The van der Waals surface area contributed by atoms with Crippen molar-refractivity contribution >= 4 is 41.2 Å². The third kappa shape index (κ3) is 5.22. The Morgan fingerprint density at radius 2 is 2.03 bits per heavy atom. The van der Waals surface area contributed by atoms with Crippen molar-refractivity contribution in [3.05, 3.63) is 80.1 Å². The molecule has 0 spiro atoms. The van der Waals surface area contributed by atoms with Gasteiger partial charge in [0.15, 0.2) is 0 Å². The van der Waals surface area contributed by atoms with Crippen molar-refractivity contribution in [1.29, 1.82) is 0 Å². The zero-order valence-electron chi connectivity index (χ0n) is 19.2. The summed E-state index contributed by atoms with van der Waals surface area (Å²) in [5.74, 6) is 0.803. The predicted octanol–water partition coefficient (Wildman–Crippen LogP) is 3.70. The Morgan fingerprint density at radius 1 is 1.26 bits per heavy atom. The van der Waals surface area contributed by atoms with Crippen molar-refractivity contribution in [3.63, 3.8) is 0 Å². The molecule has 2 aromatic heterocycles. The van der Waals surface area contributed by atoms with Crippen molar-refractivity contribution in [3.8, 4) is 0 Å². The average Bonchev–Trinajstić information content (AvgIpc) is 3.25. The number of pyridine rings is 1. The summed E-state index contributed by atoms with van der Waals surface area (Å²) < 4.78 is 3.40. The van der Waals surface area contributed by atoms with Crippen LogP contribution in [0.25, 0.3) is 0 Å². The van der Waals surface area contributed by atoms with Crippen LogP contribution in [-0.2, 0) is 20.1 Å². The third-order valence-corrected chi connectivity index (χ3v) is 6.83. The van der Waals surface area contributed by atoms with E-state index in [0.717, 1.165) is 30.6 Å². The number of halogens is 1. The van der Waals surface area contributed by atoms with Gasteiger partial charge in [0.1, 0.15) is 21.4 Å². The second-order valence-corrected chi connectivity index (χ2v) is 9.21. The van der Waals surface area contributed by atoms with E-state index in [1.54, 1.807) is 23.9 Å². The molecule has 34 heavy (non-hydrogen) atoms. The highest BCUT2D eigenvalue weighted by Crippen LogP contribution is 2.21. The van der Waals surface area contributed by atoms with Crippen molar-refractivity contribution in [1.82, 2.24) is 19.0 Å². The highest BCUT2D eigenvalue weighted by Gasteiger charge is 2.25. The Balaban J connectivity index is 1.80. The minimum Gasteiger partial charge on any atom is -0.384 e. The maximum absolute atomic E-state index is 13.1. The zero-order chi connectivity index (χ0) is 24.2. The van der Waals surface area contributed by atoms with Crippen molar-refractivity contribution in [2.45, 2.75) is 32.0 Å². The number of likely N-dealkylation sites (tertiary alicyclic amines) is 1. The van der Waals surface area contributed by atoms with Crippen LogP contribution in [0.1, 0.15) is 24.0 Å². The molecule has 4 rings (SSSR count). The number of aromatic nitrogens is 3. The molecule has 3 aromatic rings. The zero-order valence-corrected chi connectivity index (χ0v) is 20.8. The molecule has 0 radical (unpaired) electrons. The number of rotatable bonds is 6. The highest BCUT2D eigenvalue weighted by molar-refractivity contribution is 7.71. The van der Waals surface area contributed by atoms with Gasteiger partial charge in [0.2, 0.25) is 0 Å². The summed E-state index contributed by atoms with van der Waals surface area (Å²) in [6.45, 7) is 1.84. The van der Waals surface area contributed by atoms with Gasteiger partial charge < -0.3 is 16.0 Å². The summed E-state index contributed by atoms with van der Waals surface area (Å²) in [5, 5.41) is 3.77. The molecule has 1 unspecified atom stereocenters. The number of amidine groups is 1. The second-order valence-electron chi connectivity index (χ2n) is 8.44. The summed E-state index contributed by atoms with van der Waals surface area (Å²) in [6.07, 6.45) is 3.80. The van der Waals surface area contributed by atoms with E-state index < -0.39 is 0 Å². The topological polar surface area (TPSA) is 93.5 Å². The lowest BCUT2D eigenvalue weighted by Gasteiger charge is -2.24. The Bertz CT molecular complexity index is 1300. The molecule has 1 aliphatic heterocycles. The van der Waals surface area contributed by atoms with E-state index in [9.17, 15) is 4.79 Å². The summed E-state index contributed by atoms with van der Waals surface area (Å²) >= 11 is 11.6. The Labute approximate surface area is 208 Å². The summed E-state index contributed by atoms with van der Waals surface area (Å²) in [5.41, 5.74) is 8.65. The van der Waals surface area contributed by atoms with Crippen molar-refractivity contribution in [2.24, 2.45) is 12.0 Å². The molecule has 1 saturated heterocycles. The molecule has 0 saturated carbocycles. The number of nitrogens with two attached hydrogens (primary N) is 1. The fourth-order valence-electron chi connectivity index (χ4n) is 4.11. The van der Waals surface area contributed by atoms with E-state index >= 15 is 0 Å². The molecule has 1 aliphatic rings. The molecule has 3 heterocycles. The van der Waals surface area contributed by atoms with E-state index in [4.69, 9.17) is 34.5 Å². The first-order valence-corrected chi connectivity index (χ1v) is 11.9. The molecule has 1 fully saturated rings. The predicted molar refractivity (Wildman–Crippen MR) is 140 cm³/mol. The number of anilines is 2. The molecule has 3 N–H and O–H groups in total. The third-order valence-electron chi connectivity index (χ3n) is 6.13. The van der Waals surface area contributed by atoms with Gasteiger partial charge in [-0.25, -0.2) is 9.78 Å². The Morgan fingerprint density at radius 3 is 2.68 bits per heavy atom. The lowest BCUT2D eigenvalue weighted by atomic mass is 10.2. The van der Waals surface area contributed by atoms with Crippen LogP contribution in [0.4, 0.5) is 11.5 Å². The quantitative estimate of drug-likeness (QED) is 0.233. The van der Waals surface area contributed by atoms with Crippen LogP contribution in [0.2, 0.25) is 5.15 Å². The van der Waals surface area contributed by atoms with Gasteiger partial charge >= 0.3 is 5.69 Å². The minimum absolute atomic E-state index is 0.229. The lowest BCUT2D eigenvalue weighted by molar-refractivity contribution is 0.279. The molecule has 0 bridgehead atoms. The second kappa shape index (κ2) is 10.5. The van der Waals surface area contributed by atoms with E-state index in [0.29, 0.717) is 40.1 Å². The maximum Gasteiger partial charge on any atom is 0.330 e. The van der Waals surface area contributed by atoms with Crippen molar-refractivity contribution < 1.29 is 0 Å². The van der Waals surface area contributed by atoms with Crippen LogP contribution >= 0.6 is 23.8 Å². The molecule has 1 aromatic carbocycles. The minimum atomic E-state index is -0.229. The van der Waals surface area contributed by atoms with E-state index in [2.05, 4.69) is 22.2 Å². The highest BCUT2D eigenvalue weighted by atomic mass is 35.5. The number of hydrogen-bond acceptors (Lipinski definition) is 6. The molecule has 8 nitrogen and oxygen atoms in total. The molecular weight excluding hydrogens is 470 g/mol. The summed E-state index contributed by atoms with van der Waals surface area (Å²) in [7, 11) is 3.75. The van der Waals surface area contributed by atoms with Gasteiger partial charge in [-0.3, -0.25) is 14.1 Å². The number of benzene rings is 1. The van der Waals surface area contributed by atoms with Crippen LogP contribution in [0.3, 0.4) is 0 Å². The van der Waals surface area contributed by atoms with E-state index in [1.807, 2.05) is 36.4 Å². The number of likely N-dealkylation sites (N-methyl/N-ethyl adjacent to an activating group) is 1. The monoisotopic (exact) mass is 497 g/mol. The number of aliphatic imine (C=N–C) groups is 1. The van der Waals surface area contributed by atoms with Gasteiger partial charge in [0, 0.05) is 31.5 Å². The molecular formula is C24H28ClN7OS. The van der Waals surface area contributed by atoms with Gasteiger partial charge in [0.25, 0.3) is 0 Å². The van der Waals surface area contributed by atoms with Crippen LogP contribution in [-0.4, -0.2) is 44.5 Å². The van der Waals surface area contributed by atoms with E-state index in [1.165, 1.54) is 4.57 Å². The number of nitrogens with zero attached hydrogens (tertiary/aromatic N) is 5. The largest absolute Gasteiger partial charge is 0.384 e. The number of hydrogen-bond donors (Lipinski definition) is 2. The van der Waals surface area contributed by atoms with Gasteiger partial charge in [-0.2, -0.15) is 0 Å². The summed E-state index contributed by atoms with van der Waals surface area (Å²) in [4.78, 5) is 24.3. The first kappa shape index (κ1) is 24.1. The summed E-state index contributed by atoms with van der Waals surface area (Å²) in [6, 6.07) is 13.5. The van der Waals surface area contributed by atoms with Gasteiger partial charge in [-0.15, -0.1) is 0 Å². The first-order chi connectivity index (χ1) is 16.3. The fourth-order valence-corrected chi connectivity index (χ4v) is 4.50. The van der Waals surface area contributed by atoms with Crippen LogP contribution in [0, 0.1) is 4.64 Å². The van der Waals surface area contributed by atoms with Crippen LogP contribution < -0.4 is 16.7 Å². The standard InChI is InChI=1S/C24H28ClN7OS/c1-30-12-6-9-18(30)15-32-21(26)20(23(34)31(2)24(32)33)22(29-17-7-4-3-5-8-17)28-14-16-10-11-19(25)27-13-16/h3-5,7-8,10-11,13,18H,6,9,12,14-15,26H2,1-2H3,(H,28,29). The molecule has 10 heteroatoms. The Hall–Kier alpha value is -3.01. The van der Waals surface area contributed by atoms with Crippen LogP contribution in [0.5, 0.6) is 0 Å². The Kier molecular flexibility index (Phi) is 7.45.